The largest absolute Gasteiger partial charge is 0.478 e. The Morgan fingerprint density at radius 3 is 2.18 bits per heavy atom. The van der Waals surface area contributed by atoms with E-state index in [0.29, 0.717) is 17.9 Å². The number of carboxylic acids is 1. The van der Waals surface area contributed by atoms with E-state index in [1.165, 1.54) is 11.1 Å². The minimum Gasteiger partial charge on any atom is -0.478 e. The van der Waals surface area contributed by atoms with Crippen LogP contribution < -0.4 is 0 Å². The van der Waals surface area contributed by atoms with Gasteiger partial charge in [-0.3, -0.25) is 0 Å². The fraction of sp³-hybridized carbons (Fsp3) is 0.250. The van der Waals surface area contributed by atoms with Crippen molar-refractivity contribution in [3.05, 3.63) is 82.9 Å². The van der Waals surface area contributed by atoms with Crippen LogP contribution in [0.1, 0.15) is 23.1 Å². The van der Waals surface area contributed by atoms with E-state index in [1.54, 1.807) is 0 Å². The summed E-state index contributed by atoms with van der Waals surface area (Å²) in [6.45, 7) is 0. The van der Waals surface area contributed by atoms with Crippen molar-refractivity contribution >= 4 is 5.97 Å². The normalized spacial score (nSPS) is 14.8. The molecular weight excluding hydrogens is 272 g/mol. The molecule has 0 heterocycles. The molecule has 3 rings (SSSR count). The van der Waals surface area contributed by atoms with Crippen LogP contribution in [-0.4, -0.2) is 11.1 Å². The molecule has 0 aromatic heterocycles. The third-order valence-electron chi connectivity index (χ3n) is 4.35. The molecule has 112 valence electrons. The predicted octanol–water partition coefficient (Wildman–Crippen LogP) is 4.05. The Morgan fingerprint density at radius 2 is 1.59 bits per heavy atom. The molecule has 0 saturated heterocycles. The highest BCUT2D eigenvalue weighted by molar-refractivity contribution is 5.87. The molecule has 0 saturated carbocycles. The number of carboxylic acid groups (broad SMARTS) is 1. The van der Waals surface area contributed by atoms with Crippen LogP contribution in [0.4, 0.5) is 0 Å². The lowest BCUT2D eigenvalue weighted by Crippen LogP contribution is -2.06. The number of rotatable bonds is 5. The minimum atomic E-state index is -0.806. The van der Waals surface area contributed by atoms with Gasteiger partial charge in [0.1, 0.15) is 0 Å². The zero-order valence-corrected chi connectivity index (χ0v) is 12.5. The van der Waals surface area contributed by atoms with Crippen LogP contribution in [0.5, 0.6) is 0 Å². The molecule has 1 N–H and O–H groups in total. The van der Waals surface area contributed by atoms with Crippen molar-refractivity contribution in [2.24, 2.45) is 5.92 Å². The Balaban J connectivity index is 1.66. The number of allylic oxidation sites excluding steroid dienone is 1. The summed E-state index contributed by atoms with van der Waals surface area (Å²) >= 11 is 0. The maximum absolute atomic E-state index is 11.5. The lowest BCUT2D eigenvalue weighted by molar-refractivity contribution is -0.132. The smallest absolute Gasteiger partial charge is 0.331 e. The quantitative estimate of drug-likeness (QED) is 0.844. The van der Waals surface area contributed by atoms with Gasteiger partial charge < -0.3 is 5.11 Å². The van der Waals surface area contributed by atoms with Crippen LogP contribution >= 0.6 is 0 Å². The molecule has 1 aliphatic carbocycles. The topological polar surface area (TPSA) is 37.3 Å². The third kappa shape index (κ3) is 3.45. The first kappa shape index (κ1) is 14.6. The van der Waals surface area contributed by atoms with Crippen LogP contribution in [0, 0.1) is 5.92 Å². The van der Waals surface area contributed by atoms with E-state index in [4.69, 9.17) is 0 Å². The SMILES string of the molecule is O=C(O)C(=CCC1Cc2ccccc2C1)Cc1ccccc1. The Hall–Kier alpha value is -2.35. The van der Waals surface area contributed by atoms with Crippen LogP contribution in [0.25, 0.3) is 0 Å². The molecule has 22 heavy (non-hydrogen) atoms. The van der Waals surface area contributed by atoms with Crippen molar-refractivity contribution in [3.63, 3.8) is 0 Å². The first-order valence-corrected chi connectivity index (χ1v) is 7.75. The van der Waals surface area contributed by atoms with Gasteiger partial charge in [-0.05, 0) is 41.9 Å². The van der Waals surface area contributed by atoms with Crippen LogP contribution in [0.3, 0.4) is 0 Å². The standard InChI is InChI=1S/C20H20O2/c21-20(22)19(12-15-6-2-1-3-7-15)11-10-16-13-17-8-4-5-9-18(17)14-16/h1-9,11,16H,10,12-14H2,(H,21,22). The van der Waals surface area contributed by atoms with E-state index in [-0.39, 0.29) is 0 Å². The van der Waals surface area contributed by atoms with E-state index in [1.807, 2.05) is 36.4 Å². The number of fused-ring (bicyclic) bond motifs is 1. The molecule has 0 atom stereocenters. The van der Waals surface area contributed by atoms with Crippen molar-refractivity contribution in [3.8, 4) is 0 Å². The summed E-state index contributed by atoms with van der Waals surface area (Å²) in [5.41, 5.74) is 4.38. The van der Waals surface area contributed by atoms with Crippen molar-refractivity contribution in [2.45, 2.75) is 25.7 Å². The second kappa shape index (κ2) is 6.61. The molecule has 0 aliphatic heterocycles. The van der Waals surface area contributed by atoms with Crippen LogP contribution in [-0.2, 0) is 24.1 Å². The second-order valence-corrected chi connectivity index (χ2v) is 5.98. The number of carbonyl (C=O) groups is 1. The summed E-state index contributed by atoms with van der Waals surface area (Å²) in [6, 6.07) is 18.3. The van der Waals surface area contributed by atoms with Crippen LogP contribution in [0.2, 0.25) is 0 Å². The Labute approximate surface area is 131 Å². The third-order valence-corrected chi connectivity index (χ3v) is 4.35. The van der Waals surface area contributed by atoms with Gasteiger partial charge in [0.15, 0.2) is 0 Å². The monoisotopic (exact) mass is 292 g/mol. The van der Waals surface area contributed by atoms with E-state index >= 15 is 0 Å². The molecule has 0 spiro atoms. The summed E-state index contributed by atoms with van der Waals surface area (Å²) in [5.74, 6) is -0.276. The predicted molar refractivity (Wildman–Crippen MR) is 87.8 cm³/mol. The Morgan fingerprint density at radius 1 is 1.00 bits per heavy atom. The summed E-state index contributed by atoms with van der Waals surface area (Å²) in [4.78, 5) is 11.5. The number of hydrogen-bond donors (Lipinski definition) is 1. The van der Waals surface area contributed by atoms with Gasteiger partial charge in [0, 0.05) is 12.0 Å². The summed E-state index contributed by atoms with van der Waals surface area (Å²) in [7, 11) is 0. The van der Waals surface area contributed by atoms with Crippen molar-refractivity contribution < 1.29 is 9.90 Å². The number of benzene rings is 2. The lowest BCUT2D eigenvalue weighted by Gasteiger charge is -2.07. The Kier molecular flexibility index (Phi) is 4.38. The van der Waals surface area contributed by atoms with Gasteiger partial charge in [-0.1, -0.05) is 60.7 Å². The molecule has 0 unspecified atom stereocenters. The first-order valence-electron chi connectivity index (χ1n) is 7.75. The lowest BCUT2D eigenvalue weighted by atomic mass is 9.98. The zero-order chi connectivity index (χ0) is 15.4. The second-order valence-electron chi connectivity index (χ2n) is 5.98. The zero-order valence-electron chi connectivity index (χ0n) is 12.5. The Bertz CT molecular complexity index is 661. The highest BCUT2D eigenvalue weighted by atomic mass is 16.4. The summed E-state index contributed by atoms with van der Waals surface area (Å²) in [6.07, 6.45) is 5.38. The van der Waals surface area contributed by atoms with Gasteiger partial charge in [0.2, 0.25) is 0 Å². The molecule has 0 radical (unpaired) electrons. The maximum Gasteiger partial charge on any atom is 0.331 e. The van der Waals surface area contributed by atoms with Crippen LogP contribution in [0.15, 0.2) is 66.2 Å². The van der Waals surface area contributed by atoms with E-state index in [2.05, 4.69) is 24.3 Å². The van der Waals surface area contributed by atoms with Gasteiger partial charge in [0.25, 0.3) is 0 Å². The van der Waals surface area contributed by atoms with Gasteiger partial charge >= 0.3 is 5.97 Å². The molecule has 2 aromatic carbocycles. The van der Waals surface area contributed by atoms with Gasteiger partial charge in [-0.15, -0.1) is 0 Å². The molecule has 1 aliphatic rings. The molecule has 0 fully saturated rings. The molecular formula is C20H20O2. The number of aliphatic carboxylic acids is 1. The molecule has 2 heteroatoms. The average molecular weight is 292 g/mol. The summed E-state index contributed by atoms with van der Waals surface area (Å²) < 4.78 is 0. The minimum absolute atomic E-state index is 0.496. The van der Waals surface area contributed by atoms with Crippen molar-refractivity contribution in [2.75, 3.05) is 0 Å². The highest BCUT2D eigenvalue weighted by Gasteiger charge is 2.20. The maximum atomic E-state index is 11.5. The van der Waals surface area contributed by atoms with Crippen molar-refractivity contribution in [1.82, 2.24) is 0 Å². The number of hydrogen-bond acceptors (Lipinski definition) is 1. The molecule has 2 aromatic rings. The van der Waals surface area contributed by atoms with Gasteiger partial charge in [0.05, 0.1) is 0 Å². The molecule has 2 nitrogen and oxygen atoms in total. The fourth-order valence-corrected chi connectivity index (χ4v) is 3.18. The van der Waals surface area contributed by atoms with Gasteiger partial charge in [-0.25, -0.2) is 4.79 Å². The van der Waals surface area contributed by atoms with Gasteiger partial charge in [-0.2, -0.15) is 0 Å². The van der Waals surface area contributed by atoms with E-state index in [9.17, 15) is 9.90 Å². The molecule has 0 amide bonds. The van der Waals surface area contributed by atoms with Crippen molar-refractivity contribution in [1.29, 1.82) is 0 Å². The van der Waals surface area contributed by atoms with E-state index < -0.39 is 5.97 Å². The summed E-state index contributed by atoms with van der Waals surface area (Å²) in [5, 5.41) is 9.41. The van der Waals surface area contributed by atoms with E-state index in [0.717, 1.165) is 24.8 Å². The fourth-order valence-electron chi connectivity index (χ4n) is 3.18. The first-order chi connectivity index (χ1) is 10.7. The molecule has 0 bridgehead atoms. The average Bonchev–Trinajstić information content (AvgIpc) is 2.95. The highest BCUT2D eigenvalue weighted by Crippen LogP contribution is 2.29.